The van der Waals surface area contributed by atoms with Gasteiger partial charge in [0.2, 0.25) is 5.91 Å². The number of hydrogen-bond donors (Lipinski definition) is 1. The molecule has 2 aromatic carbocycles. The van der Waals surface area contributed by atoms with Crippen molar-refractivity contribution in [3.8, 4) is 17.0 Å². The minimum Gasteiger partial charge on any atom is -0.481 e. The number of rotatable bonds is 10. The maximum absolute atomic E-state index is 12.6. The van der Waals surface area contributed by atoms with E-state index in [1.165, 1.54) is 23.1 Å². The summed E-state index contributed by atoms with van der Waals surface area (Å²) in [6.45, 7) is 6.09. The second kappa shape index (κ2) is 12.1. The van der Waals surface area contributed by atoms with Crippen LogP contribution in [0, 0.1) is 0 Å². The van der Waals surface area contributed by atoms with Crippen molar-refractivity contribution in [1.82, 2.24) is 19.7 Å². The molecule has 186 valence electrons. The molecular formula is C24H20Cl3N5O2S2. The molecule has 0 fully saturated rings. The first-order chi connectivity index (χ1) is 17.3. The number of thiazole rings is 1. The third-order valence-electron chi connectivity index (χ3n) is 4.84. The van der Waals surface area contributed by atoms with Crippen molar-refractivity contribution in [2.45, 2.75) is 24.7 Å². The highest BCUT2D eigenvalue weighted by atomic mass is 35.5. The van der Waals surface area contributed by atoms with Crippen LogP contribution in [0.25, 0.3) is 11.3 Å². The Morgan fingerprint density at radius 1 is 1.19 bits per heavy atom. The molecule has 0 saturated heterocycles. The number of benzene rings is 2. The molecule has 0 aliphatic carbocycles. The average molecular weight is 581 g/mol. The molecule has 7 nitrogen and oxygen atoms in total. The predicted molar refractivity (Wildman–Crippen MR) is 148 cm³/mol. The Morgan fingerprint density at radius 2 is 1.94 bits per heavy atom. The Morgan fingerprint density at radius 3 is 2.69 bits per heavy atom. The van der Waals surface area contributed by atoms with Crippen LogP contribution in [-0.4, -0.2) is 31.4 Å². The van der Waals surface area contributed by atoms with Crippen LogP contribution in [0.4, 0.5) is 5.13 Å². The van der Waals surface area contributed by atoms with E-state index in [9.17, 15) is 4.79 Å². The zero-order valence-electron chi connectivity index (χ0n) is 19.0. The molecule has 1 N–H and O–H groups in total. The molecule has 0 radical (unpaired) electrons. The largest absolute Gasteiger partial charge is 0.481 e. The van der Waals surface area contributed by atoms with Gasteiger partial charge in [0.25, 0.3) is 0 Å². The fourth-order valence-corrected chi connectivity index (χ4v) is 5.13. The lowest BCUT2D eigenvalue weighted by atomic mass is 10.2. The van der Waals surface area contributed by atoms with Crippen molar-refractivity contribution in [3.63, 3.8) is 0 Å². The Kier molecular flexibility index (Phi) is 8.92. The van der Waals surface area contributed by atoms with Crippen LogP contribution in [0.5, 0.6) is 5.75 Å². The number of anilines is 1. The van der Waals surface area contributed by atoms with Gasteiger partial charge in [0.15, 0.2) is 22.2 Å². The Hall–Kier alpha value is -2.56. The van der Waals surface area contributed by atoms with Crippen LogP contribution in [0.15, 0.2) is 65.7 Å². The Labute approximate surface area is 231 Å². The van der Waals surface area contributed by atoms with E-state index in [1.54, 1.807) is 36.4 Å². The van der Waals surface area contributed by atoms with Gasteiger partial charge in [-0.25, -0.2) is 4.98 Å². The third-order valence-corrected chi connectivity index (χ3v) is 7.36. The highest BCUT2D eigenvalue weighted by molar-refractivity contribution is 7.99. The molecule has 2 heterocycles. The van der Waals surface area contributed by atoms with Gasteiger partial charge in [-0.05, 0) is 31.2 Å². The zero-order chi connectivity index (χ0) is 25.7. The second-order valence-corrected chi connectivity index (χ2v) is 10.5. The highest BCUT2D eigenvalue weighted by Crippen LogP contribution is 2.32. The van der Waals surface area contributed by atoms with Gasteiger partial charge < -0.3 is 10.1 Å². The summed E-state index contributed by atoms with van der Waals surface area (Å²) in [7, 11) is 0. The van der Waals surface area contributed by atoms with E-state index >= 15 is 0 Å². The number of ether oxygens (including phenoxy) is 1. The highest BCUT2D eigenvalue weighted by Gasteiger charge is 2.21. The molecule has 1 atom stereocenters. The van der Waals surface area contributed by atoms with Gasteiger partial charge in [0.05, 0.1) is 16.5 Å². The number of nitrogens with one attached hydrogen (secondary N) is 1. The maximum Gasteiger partial charge on any atom is 0.236 e. The van der Waals surface area contributed by atoms with Crippen molar-refractivity contribution in [1.29, 1.82) is 0 Å². The van der Waals surface area contributed by atoms with E-state index in [1.807, 2.05) is 29.0 Å². The molecule has 1 unspecified atom stereocenters. The maximum atomic E-state index is 12.6. The lowest BCUT2D eigenvalue weighted by molar-refractivity contribution is -0.113. The molecular weight excluding hydrogens is 561 g/mol. The topological polar surface area (TPSA) is 81.9 Å². The van der Waals surface area contributed by atoms with E-state index in [2.05, 4.69) is 27.1 Å². The molecule has 0 aliphatic rings. The van der Waals surface area contributed by atoms with E-state index in [-0.39, 0.29) is 11.7 Å². The number of allylic oxidation sites excluding steroid dienone is 1. The molecule has 36 heavy (non-hydrogen) atoms. The number of hydrogen-bond acceptors (Lipinski definition) is 7. The van der Waals surface area contributed by atoms with Gasteiger partial charge >= 0.3 is 0 Å². The predicted octanol–water partition coefficient (Wildman–Crippen LogP) is 7.42. The summed E-state index contributed by atoms with van der Waals surface area (Å²) in [4.78, 5) is 17.1. The van der Waals surface area contributed by atoms with E-state index in [0.717, 1.165) is 11.3 Å². The quantitative estimate of drug-likeness (QED) is 0.155. The minimum atomic E-state index is -0.474. The van der Waals surface area contributed by atoms with Gasteiger partial charge in [-0.1, -0.05) is 64.8 Å². The minimum absolute atomic E-state index is 0.125. The summed E-state index contributed by atoms with van der Waals surface area (Å²) in [6.07, 6.45) is 1.25. The zero-order valence-corrected chi connectivity index (χ0v) is 22.9. The van der Waals surface area contributed by atoms with Crippen LogP contribution in [0.2, 0.25) is 15.1 Å². The van der Waals surface area contributed by atoms with Crippen LogP contribution in [0.3, 0.4) is 0 Å². The molecule has 0 bridgehead atoms. The van der Waals surface area contributed by atoms with Crippen molar-refractivity contribution in [2.24, 2.45) is 0 Å². The third kappa shape index (κ3) is 6.60. The first-order valence-electron chi connectivity index (χ1n) is 10.6. The first kappa shape index (κ1) is 26.5. The van der Waals surface area contributed by atoms with Crippen LogP contribution < -0.4 is 10.1 Å². The number of thioether (sulfide) groups is 1. The number of amides is 1. The van der Waals surface area contributed by atoms with E-state index in [4.69, 9.17) is 39.5 Å². The summed E-state index contributed by atoms with van der Waals surface area (Å²) in [5, 5.41) is 15.9. The average Bonchev–Trinajstić information content (AvgIpc) is 3.48. The van der Waals surface area contributed by atoms with Crippen LogP contribution >= 0.6 is 57.9 Å². The Bertz CT molecular complexity index is 1370. The summed E-state index contributed by atoms with van der Waals surface area (Å²) in [6, 6.07) is 12.4. The van der Waals surface area contributed by atoms with Gasteiger partial charge in [0, 0.05) is 33.6 Å². The van der Waals surface area contributed by atoms with Gasteiger partial charge in [-0.15, -0.1) is 28.1 Å². The summed E-state index contributed by atoms with van der Waals surface area (Å²) in [5.74, 6) is 0.934. The number of carbonyl (C=O) groups excluding carboxylic acids is 1. The normalized spacial score (nSPS) is 11.8. The number of carbonyl (C=O) groups is 1. The van der Waals surface area contributed by atoms with Gasteiger partial charge in [-0.2, -0.15) is 0 Å². The van der Waals surface area contributed by atoms with Crippen molar-refractivity contribution >= 4 is 68.9 Å². The molecule has 12 heteroatoms. The lowest BCUT2D eigenvalue weighted by Crippen LogP contribution is -2.15. The van der Waals surface area contributed by atoms with E-state index in [0.29, 0.717) is 43.5 Å². The fraction of sp³-hybridized carbons (Fsp3) is 0.167. The smallest absolute Gasteiger partial charge is 0.236 e. The van der Waals surface area contributed by atoms with Crippen LogP contribution in [-0.2, 0) is 11.3 Å². The van der Waals surface area contributed by atoms with Crippen molar-refractivity contribution in [3.05, 3.63) is 81.4 Å². The number of aromatic nitrogens is 4. The summed E-state index contributed by atoms with van der Waals surface area (Å²) in [5.41, 5.74) is 1.69. The lowest BCUT2D eigenvalue weighted by Gasteiger charge is -2.16. The van der Waals surface area contributed by atoms with Crippen molar-refractivity contribution in [2.75, 3.05) is 11.1 Å². The number of halogens is 3. The standard InChI is InChI=1S/C24H20Cl3N5O2S2/c1-3-10-32-22(14(2)34-20-11-17(26)8-9-18(20)27)30-31-24(32)36-13-21(33)29-23-28-19(12-35-23)15-4-6-16(25)7-5-15/h3-9,11-12,14H,1,10,13H2,2H3,(H,28,29,33). The van der Waals surface area contributed by atoms with Crippen LogP contribution in [0.1, 0.15) is 18.9 Å². The Balaban J connectivity index is 1.40. The van der Waals surface area contributed by atoms with Crippen molar-refractivity contribution < 1.29 is 9.53 Å². The molecule has 0 saturated carbocycles. The molecule has 0 aliphatic heterocycles. The molecule has 4 rings (SSSR count). The monoisotopic (exact) mass is 579 g/mol. The SMILES string of the molecule is C=CCn1c(SCC(=O)Nc2nc(-c3ccc(Cl)cc3)cs2)nnc1C(C)Oc1cc(Cl)ccc1Cl. The first-order valence-corrected chi connectivity index (χ1v) is 13.6. The summed E-state index contributed by atoms with van der Waals surface area (Å²) < 4.78 is 7.83. The molecule has 2 aromatic heterocycles. The molecule has 4 aromatic rings. The number of nitrogens with zero attached hydrogens (tertiary/aromatic N) is 4. The van der Waals surface area contributed by atoms with Gasteiger partial charge in [0.1, 0.15) is 5.75 Å². The second-order valence-electron chi connectivity index (χ2n) is 7.46. The van der Waals surface area contributed by atoms with E-state index < -0.39 is 6.10 Å². The van der Waals surface area contributed by atoms with Gasteiger partial charge in [-0.3, -0.25) is 9.36 Å². The molecule has 1 amide bonds. The fourth-order valence-electron chi connectivity index (χ4n) is 3.19. The molecule has 0 spiro atoms. The summed E-state index contributed by atoms with van der Waals surface area (Å²) >= 11 is 20.8.